The van der Waals surface area contributed by atoms with Crippen LogP contribution in [0.25, 0.3) is 0 Å². The summed E-state index contributed by atoms with van der Waals surface area (Å²) >= 11 is 0. The Morgan fingerprint density at radius 1 is 0.909 bits per heavy atom. The number of benzene rings is 3. The van der Waals surface area contributed by atoms with Crippen LogP contribution in [0, 0.1) is 10.1 Å². The van der Waals surface area contributed by atoms with Crippen molar-refractivity contribution in [1.82, 2.24) is 5.43 Å². The predicted octanol–water partition coefficient (Wildman–Crippen LogP) is 3.60. The molecule has 0 aliphatic heterocycles. The van der Waals surface area contributed by atoms with Gasteiger partial charge in [0, 0.05) is 6.07 Å². The van der Waals surface area contributed by atoms with E-state index in [-0.39, 0.29) is 28.3 Å². The standard InChI is InChI=1S/C23H19N3O7/c1-31-19-10-6-4-8-17(19)23(28)33-20-12-11-15(13-21(20)32-2)14-24-25-22(27)16-7-3-5-9-18(16)26(29)30/h3-14H,1-2H3,(H,25,27)/b24-14+. The molecule has 0 aliphatic rings. The fourth-order valence-electron chi connectivity index (χ4n) is 2.87. The topological polar surface area (TPSA) is 129 Å². The molecular formula is C23H19N3O7. The number of esters is 1. The van der Waals surface area contributed by atoms with Gasteiger partial charge in [0.15, 0.2) is 11.5 Å². The lowest BCUT2D eigenvalue weighted by atomic mass is 10.2. The molecule has 0 fully saturated rings. The van der Waals surface area contributed by atoms with E-state index in [1.807, 2.05) is 0 Å². The summed E-state index contributed by atoms with van der Waals surface area (Å²) < 4.78 is 15.9. The largest absolute Gasteiger partial charge is 0.496 e. The average molecular weight is 449 g/mol. The van der Waals surface area contributed by atoms with Crippen LogP contribution in [0.4, 0.5) is 5.69 Å². The average Bonchev–Trinajstić information content (AvgIpc) is 2.84. The number of hydrogen-bond acceptors (Lipinski definition) is 8. The number of nitro groups is 1. The molecule has 0 radical (unpaired) electrons. The molecule has 10 nitrogen and oxygen atoms in total. The van der Waals surface area contributed by atoms with E-state index in [0.29, 0.717) is 11.3 Å². The number of rotatable bonds is 8. The Morgan fingerprint density at radius 2 is 1.58 bits per heavy atom. The van der Waals surface area contributed by atoms with Crippen LogP contribution in [0.5, 0.6) is 17.2 Å². The van der Waals surface area contributed by atoms with Crippen LogP contribution in [0.2, 0.25) is 0 Å². The third-order valence-electron chi connectivity index (χ3n) is 4.44. The summed E-state index contributed by atoms with van der Waals surface area (Å²) in [5.41, 5.74) is 2.58. The Balaban J connectivity index is 1.72. The van der Waals surface area contributed by atoms with Crippen molar-refractivity contribution in [2.75, 3.05) is 14.2 Å². The molecule has 0 saturated heterocycles. The smallest absolute Gasteiger partial charge is 0.347 e. The van der Waals surface area contributed by atoms with Gasteiger partial charge in [0.05, 0.1) is 25.4 Å². The molecule has 0 bridgehead atoms. The van der Waals surface area contributed by atoms with E-state index in [0.717, 1.165) is 0 Å². The van der Waals surface area contributed by atoms with Gasteiger partial charge < -0.3 is 14.2 Å². The van der Waals surface area contributed by atoms with Crippen molar-refractivity contribution >= 4 is 23.8 Å². The number of hydrogen-bond donors (Lipinski definition) is 1. The summed E-state index contributed by atoms with van der Waals surface area (Å²) in [6, 6.07) is 16.8. The van der Waals surface area contributed by atoms with Crippen LogP contribution in [0.1, 0.15) is 26.3 Å². The highest BCUT2D eigenvalue weighted by Gasteiger charge is 2.19. The molecule has 3 aromatic carbocycles. The molecule has 3 rings (SSSR count). The number of nitrogens with one attached hydrogen (secondary N) is 1. The van der Waals surface area contributed by atoms with Gasteiger partial charge in [-0.15, -0.1) is 0 Å². The summed E-state index contributed by atoms with van der Waals surface area (Å²) in [7, 11) is 2.86. The Labute approximate surface area is 188 Å². The van der Waals surface area contributed by atoms with Crippen LogP contribution in [-0.2, 0) is 0 Å². The number of hydrazone groups is 1. The van der Waals surface area contributed by atoms with E-state index in [2.05, 4.69) is 10.5 Å². The van der Waals surface area contributed by atoms with Gasteiger partial charge in [0.2, 0.25) is 0 Å². The number of carbonyl (C=O) groups excluding carboxylic acids is 2. The Morgan fingerprint density at radius 3 is 2.27 bits per heavy atom. The lowest BCUT2D eigenvalue weighted by molar-refractivity contribution is -0.385. The minimum atomic E-state index is -0.729. The van der Waals surface area contributed by atoms with Crippen LogP contribution >= 0.6 is 0 Å². The number of nitro benzene ring substituents is 1. The maximum absolute atomic E-state index is 12.5. The van der Waals surface area contributed by atoms with E-state index in [4.69, 9.17) is 14.2 Å². The number of methoxy groups -OCH3 is 2. The first kappa shape index (κ1) is 22.9. The van der Waals surface area contributed by atoms with E-state index in [1.165, 1.54) is 50.8 Å². The fraction of sp³-hybridized carbons (Fsp3) is 0.0870. The minimum absolute atomic E-state index is 0.115. The molecule has 1 N–H and O–H groups in total. The summed E-state index contributed by atoms with van der Waals surface area (Å²) in [5, 5.41) is 14.9. The molecular weight excluding hydrogens is 430 g/mol. The van der Waals surface area contributed by atoms with E-state index in [1.54, 1.807) is 36.4 Å². The molecule has 168 valence electrons. The zero-order valence-electron chi connectivity index (χ0n) is 17.7. The van der Waals surface area contributed by atoms with E-state index < -0.39 is 16.8 Å². The summed E-state index contributed by atoms with van der Waals surface area (Å²) in [6.07, 6.45) is 1.32. The van der Waals surface area contributed by atoms with Crippen molar-refractivity contribution in [2.45, 2.75) is 0 Å². The third kappa shape index (κ3) is 5.50. The van der Waals surface area contributed by atoms with Gasteiger partial charge in [-0.25, -0.2) is 10.2 Å². The predicted molar refractivity (Wildman–Crippen MR) is 119 cm³/mol. The fourth-order valence-corrected chi connectivity index (χ4v) is 2.87. The highest BCUT2D eigenvalue weighted by atomic mass is 16.6. The maximum Gasteiger partial charge on any atom is 0.347 e. The Kier molecular flexibility index (Phi) is 7.32. The zero-order valence-corrected chi connectivity index (χ0v) is 17.7. The Bertz CT molecular complexity index is 1220. The number of nitrogens with zero attached hydrogens (tertiary/aromatic N) is 2. The van der Waals surface area contributed by atoms with Gasteiger partial charge in [-0.2, -0.15) is 5.10 Å². The van der Waals surface area contributed by atoms with Gasteiger partial charge >= 0.3 is 5.97 Å². The Hall–Kier alpha value is -4.73. The first-order valence-electron chi connectivity index (χ1n) is 9.54. The second-order valence-corrected chi connectivity index (χ2v) is 6.47. The molecule has 0 aliphatic carbocycles. The van der Waals surface area contributed by atoms with Crippen molar-refractivity contribution in [2.24, 2.45) is 5.10 Å². The molecule has 0 spiro atoms. The number of amides is 1. The van der Waals surface area contributed by atoms with Crippen LogP contribution in [0.3, 0.4) is 0 Å². The summed E-state index contributed by atoms with van der Waals surface area (Å²) in [4.78, 5) is 35.2. The normalized spacial score (nSPS) is 10.5. The van der Waals surface area contributed by atoms with Gasteiger partial charge in [-0.3, -0.25) is 14.9 Å². The number of ether oxygens (including phenoxy) is 3. The monoisotopic (exact) mass is 449 g/mol. The zero-order chi connectivity index (χ0) is 23.8. The molecule has 0 aromatic heterocycles. The quantitative estimate of drug-likeness (QED) is 0.183. The second-order valence-electron chi connectivity index (χ2n) is 6.47. The van der Waals surface area contributed by atoms with Crippen LogP contribution in [0.15, 0.2) is 71.8 Å². The maximum atomic E-state index is 12.5. The molecule has 3 aromatic rings. The minimum Gasteiger partial charge on any atom is -0.496 e. The first-order valence-corrected chi connectivity index (χ1v) is 9.54. The summed E-state index contributed by atoms with van der Waals surface area (Å²) in [5.74, 6) is -0.543. The van der Waals surface area contributed by atoms with E-state index >= 15 is 0 Å². The first-order chi connectivity index (χ1) is 15.9. The lowest BCUT2D eigenvalue weighted by Crippen LogP contribution is -2.18. The SMILES string of the molecule is COc1cc(/C=N/NC(=O)c2ccccc2[N+](=O)[O-])ccc1OC(=O)c1ccccc1OC. The lowest BCUT2D eigenvalue weighted by Gasteiger charge is -2.11. The highest BCUT2D eigenvalue weighted by Crippen LogP contribution is 2.29. The molecule has 33 heavy (non-hydrogen) atoms. The van der Waals surface area contributed by atoms with Crippen LogP contribution in [-0.4, -0.2) is 37.2 Å². The molecule has 0 unspecified atom stereocenters. The molecule has 0 heterocycles. The highest BCUT2D eigenvalue weighted by molar-refractivity contribution is 5.98. The molecule has 10 heteroatoms. The van der Waals surface area contributed by atoms with Crippen LogP contribution < -0.4 is 19.6 Å². The van der Waals surface area contributed by atoms with Gasteiger partial charge in [-0.05, 0) is 42.0 Å². The molecule has 1 amide bonds. The van der Waals surface area contributed by atoms with Gasteiger partial charge in [-0.1, -0.05) is 24.3 Å². The molecule has 0 saturated carbocycles. The third-order valence-corrected chi connectivity index (χ3v) is 4.44. The van der Waals surface area contributed by atoms with Crippen molar-refractivity contribution in [1.29, 1.82) is 0 Å². The number of para-hydroxylation sites is 2. The van der Waals surface area contributed by atoms with Gasteiger partial charge in [0.1, 0.15) is 16.9 Å². The van der Waals surface area contributed by atoms with Crippen molar-refractivity contribution in [3.05, 3.63) is 93.5 Å². The van der Waals surface area contributed by atoms with E-state index in [9.17, 15) is 19.7 Å². The van der Waals surface area contributed by atoms with Gasteiger partial charge in [0.25, 0.3) is 11.6 Å². The molecule has 0 atom stereocenters. The van der Waals surface area contributed by atoms with Crippen molar-refractivity contribution in [3.63, 3.8) is 0 Å². The summed E-state index contributed by atoms with van der Waals surface area (Å²) in [6.45, 7) is 0. The van der Waals surface area contributed by atoms with Crippen molar-refractivity contribution in [3.8, 4) is 17.2 Å². The number of carbonyl (C=O) groups is 2. The second kappa shape index (κ2) is 10.5. The van der Waals surface area contributed by atoms with Crippen molar-refractivity contribution < 1.29 is 28.7 Å².